The standard InChI is InChI=1S/C23H25NO4S/c1-14(2)13-18(25)20-21(17-7-5-6-8-19(17)28-3)24(23(27)22(20)26)15-9-11-16(29-4)12-10-15/h5-12,14,20-21H,13H2,1-4H3. The van der Waals surface area contributed by atoms with Crippen molar-refractivity contribution in [3.8, 4) is 5.75 Å². The number of carbonyl (C=O) groups is 3. The van der Waals surface area contributed by atoms with Crippen molar-refractivity contribution in [2.45, 2.75) is 31.2 Å². The summed E-state index contributed by atoms with van der Waals surface area (Å²) >= 11 is 1.59. The second-order valence-electron chi connectivity index (χ2n) is 7.47. The van der Waals surface area contributed by atoms with Gasteiger partial charge >= 0.3 is 0 Å². The highest BCUT2D eigenvalue weighted by atomic mass is 32.2. The van der Waals surface area contributed by atoms with E-state index in [0.717, 1.165) is 4.90 Å². The molecule has 29 heavy (non-hydrogen) atoms. The molecule has 0 bridgehead atoms. The summed E-state index contributed by atoms with van der Waals surface area (Å²) in [7, 11) is 1.54. The van der Waals surface area contributed by atoms with Gasteiger partial charge in [-0.05, 0) is 42.5 Å². The van der Waals surface area contributed by atoms with Gasteiger partial charge < -0.3 is 4.74 Å². The first kappa shape index (κ1) is 21.1. The third-order valence-electron chi connectivity index (χ3n) is 5.07. The van der Waals surface area contributed by atoms with E-state index < -0.39 is 23.7 Å². The van der Waals surface area contributed by atoms with Gasteiger partial charge in [-0.1, -0.05) is 32.0 Å². The zero-order valence-corrected chi connectivity index (χ0v) is 17.9. The van der Waals surface area contributed by atoms with E-state index in [9.17, 15) is 14.4 Å². The third kappa shape index (κ3) is 4.08. The van der Waals surface area contributed by atoms with Crippen LogP contribution in [-0.2, 0) is 14.4 Å². The summed E-state index contributed by atoms with van der Waals surface area (Å²) in [5.41, 5.74) is 1.25. The molecule has 1 heterocycles. The SMILES string of the molecule is COc1ccccc1C1C(C(=O)CC(C)C)C(=O)C(=O)N1c1ccc(SC)cc1. The molecule has 2 aromatic carbocycles. The Morgan fingerprint density at radius 3 is 2.34 bits per heavy atom. The smallest absolute Gasteiger partial charge is 0.295 e. The molecule has 2 atom stereocenters. The number of ether oxygens (including phenoxy) is 1. The lowest BCUT2D eigenvalue weighted by Crippen LogP contribution is -2.31. The zero-order chi connectivity index (χ0) is 21.1. The maximum Gasteiger partial charge on any atom is 0.295 e. The molecule has 3 rings (SSSR count). The number of thioether (sulfide) groups is 1. The van der Waals surface area contributed by atoms with Gasteiger partial charge in [0, 0.05) is 22.6 Å². The van der Waals surface area contributed by atoms with E-state index in [1.54, 1.807) is 24.9 Å². The van der Waals surface area contributed by atoms with Crippen LogP contribution in [0.3, 0.4) is 0 Å². The summed E-state index contributed by atoms with van der Waals surface area (Å²) < 4.78 is 5.49. The third-order valence-corrected chi connectivity index (χ3v) is 5.81. The molecular weight excluding hydrogens is 386 g/mol. The van der Waals surface area contributed by atoms with Gasteiger partial charge in [0.15, 0.2) is 0 Å². The van der Waals surface area contributed by atoms with Crippen molar-refractivity contribution in [2.24, 2.45) is 11.8 Å². The van der Waals surface area contributed by atoms with Crippen molar-refractivity contribution in [1.82, 2.24) is 0 Å². The molecule has 1 amide bonds. The van der Waals surface area contributed by atoms with Gasteiger partial charge in [0.25, 0.3) is 5.91 Å². The monoisotopic (exact) mass is 411 g/mol. The highest BCUT2D eigenvalue weighted by Crippen LogP contribution is 2.44. The van der Waals surface area contributed by atoms with E-state index in [1.807, 2.05) is 62.6 Å². The summed E-state index contributed by atoms with van der Waals surface area (Å²) in [5, 5.41) is 0. The fourth-order valence-corrected chi connectivity index (χ4v) is 4.18. The molecule has 1 saturated heterocycles. The minimum atomic E-state index is -1.04. The number of nitrogens with zero attached hydrogens (tertiary/aromatic N) is 1. The molecule has 6 heteroatoms. The lowest BCUT2D eigenvalue weighted by molar-refractivity contribution is -0.139. The van der Waals surface area contributed by atoms with Crippen LogP contribution in [0.15, 0.2) is 53.4 Å². The number of hydrogen-bond acceptors (Lipinski definition) is 5. The Bertz CT molecular complexity index is 923. The Hall–Kier alpha value is -2.60. The molecule has 0 N–H and O–H groups in total. The number of benzene rings is 2. The largest absolute Gasteiger partial charge is 0.496 e. The fourth-order valence-electron chi connectivity index (χ4n) is 3.77. The number of Topliss-reactive ketones (excluding diaryl/α,β-unsaturated/α-hetero) is 2. The number of hydrogen-bond donors (Lipinski definition) is 0. The van der Waals surface area contributed by atoms with Crippen molar-refractivity contribution in [1.29, 1.82) is 0 Å². The number of anilines is 1. The molecule has 2 unspecified atom stereocenters. The van der Waals surface area contributed by atoms with E-state index in [-0.39, 0.29) is 18.1 Å². The van der Waals surface area contributed by atoms with Crippen molar-refractivity contribution < 1.29 is 19.1 Å². The van der Waals surface area contributed by atoms with Crippen molar-refractivity contribution >= 4 is 34.9 Å². The lowest BCUT2D eigenvalue weighted by atomic mass is 9.85. The van der Waals surface area contributed by atoms with Gasteiger partial charge in [-0.3, -0.25) is 19.3 Å². The molecule has 2 aromatic rings. The number of rotatable bonds is 7. The molecule has 1 fully saturated rings. The maximum atomic E-state index is 13.0. The molecular formula is C23H25NO4S. The summed E-state index contributed by atoms with van der Waals surface area (Å²) in [6, 6.07) is 13.9. The maximum absolute atomic E-state index is 13.0. The van der Waals surface area contributed by atoms with Gasteiger partial charge in [-0.2, -0.15) is 0 Å². The van der Waals surface area contributed by atoms with E-state index >= 15 is 0 Å². The van der Waals surface area contributed by atoms with Crippen molar-refractivity contribution in [3.63, 3.8) is 0 Å². The van der Waals surface area contributed by atoms with Gasteiger partial charge in [0.1, 0.15) is 17.5 Å². The van der Waals surface area contributed by atoms with Gasteiger partial charge in [-0.15, -0.1) is 11.8 Å². The predicted molar refractivity (Wildman–Crippen MR) is 114 cm³/mol. The molecule has 0 saturated carbocycles. The number of methoxy groups -OCH3 is 1. The minimum absolute atomic E-state index is 0.0960. The normalized spacial score (nSPS) is 19.1. The Morgan fingerprint density at radius 2 is 1.76 bits per heavy atom. The quantitative estimate of drug-likeness (QED) is 0.386. The summed E-state index contributed by atoms with van der Waals surface area (Å²) in [5.74, 6) is -1.91. The zero-order valence-electron chi connectivity index (χ0n) is 17.0. The minimum Gasteiger partial charge on any atom is -0.496 e. The van der Waals surface area contributed by atoms with Crippen LogP contribution in [0, 0.1) is 11.8 Å². The first-order valence-electron chi connectivity index (χ1n) is 9.56. The van der Waals surface area contributed by atoms with Crippen LogP contribution in [0.25, 0.3) is 0 Å². The van der Waals surface area contributed by atoms with Crippen LogP contribution in [0.2, 0.25) is 0 Å². The second kappa shape index (κ2) is 8.82. The van der Waals surface area contributed by atoms with Crippen LogP contribution in [-0.4, -0.2) is 30.8 Å². The average Bonchev–Trinajstić information content (AvgIpc) is 2.98. The van der Waals surface area contributed by atoms with E-state index in [1.165, 1.54) is 4.90 Å². The number of para-hydroxylation sites is 1. The topological polar surface area (TPSA) is 63.7 Å². The summed E-state index contributed by atoms with van der Waals surface area (Å²) in [6.45, 7) is 3.85. The predicted octanol–water partition coefficient (Wildman–Crippen LogP) is 4.31. The molecule has 5 nitrogen and oxygen atoms in total. The van der Waals surface area contributed by atoms with Crippen LogP contribution >= 0.6 is 11.8 Å². The van der Waals surface area contributed by atoms with Gasteiger partial charge in [0.2, 0.25) is 5.78 Å². The number of ketones is 2. The first-order chi connectivity index (χ1) is 13.9. The van der Waals surface area contributed by atoms with Crippen LogP contribution in [0.1, 0.15) is 31.9 Å². The van der Waals surface area contributed by atoms with E-state index in [2.05, 4.69) is 0 Å². The Balaban J connectivity index is 2.15. The highest BCUT2D eigenvalue weighted by molar-refractivity contribution is 7.98. The average molecular weight is 412 g/mol. The molecule has 0 aromatic heterocycles. The van der Waals surface area contributed by atoms with E-state index in [0.29, 0.717) is 17.0 Å². The van der Waals surface area contributed by atoms with Crippen molar-refractivity contribution in [3.05, 3.63) is 54.1 Å². The van der Waals surface area contributed by atoms with Crippen molar-refractivity contribution in [2.75, 3.05) is 18.3 Å². The number of carbonyl (C=O) groups excluding carboxylic acids is 3. The highest BCUT2D eigenvalue weighted by Gasteiger charge is 2.52. The lowest BCUT2D eigenvalue weighted by Gasteiger charge is -2.28. The Labute approximate surface area is 175 Å². The molecule has 0 radical (unpaired) electrons. The van der Waals surface area contributed by atoms with Crippen LogP contribution < -0.4 is 9.64 Å². The van der Waals surface area contributed by atoms with Crippen LogP contribution in [0.4, 0.5) is 5.69 Å². The van der Waals surface area contributed by atoms with Gasteiger partial charge in [-0.25, -0.2) is 0 Å². The molecule has 1 aliphatic rings. The second-order valence-corrected chi connectivity index (χ2v) is 8.35. The molecule has 0 aliphatic carbocycles. The summed E-state index contributed by atoms with van der Waals surface area (Å²) in [6.07, 6.45) is 2.21. The van der Waals surface area contributed by atoms with Crippen LogP contribution in [0.5, 0.6) is 5.75 Å². The van der Waals surface area contributed by atoms with E-state index in [4.69, 9.17) is 4.74 Å². The summed E-state index contributed by atoms with van der Waals surface area (Å²) in [4.78, 5) is 41.5. The van der Waals surface area contributed by atoms with Gasteiger partial charge in [0.05, 0.1) is 13.2 Å². The Kier molecular flexibility index (Phi) is 6.42. The Morgan fingerprint density at radius 1 is 1.10 bits per heavy atom. The first-order valence-corrected chi connectivity index (χ1v) is 10.8. The molecule has 0 spiro atoms. The fraction of sp³-hybridized carbons (Fsp3) is 0.348. The molecule has 1 aliphatic heterocycles. The molecule has 152 valence electrons. The number of amides is 1.